The van der Waals surface area contributed by atoms with E-state index in [2.05, 4.69) is 21.2 Å². The van der Waals surface area contributed by atoms with Gasteiger partial charge in [0.1, 0.15) is 11.9 Å². The monoisotopic (exact) mass is 354 g/mol. The first kappa shape index (κ1) is 14.5. The van der Waals surface area contributed by atoms with Crippen LogP contribution in [0.5, 0.6) is 0 Å². The van der Waals surface area contributed by atoms with Gasteiger partial charge in [-0.15, -0.1) is 0 Å². The van der Waals surface area contributed by atoms with Crippen molar-refractivity contribution in [3.63, 3.8) is 0 Å². The van der Waals surface area contributed by atoms with E-state index in [1.165, 1.54) is 17.0 Å². The summed E-state index contributed by atoms with van der Waals surface area (Å²) in [5.74, 6) is -1.09. The van der Waals surface area contributed by atoms with E-state index in [1.54, 1.807) is 6.07 Å². The molecule has 0 radical (unpaired) electrons. The first-order valence-corrected chi connectivity index (χ1v) is 7.92. The van der Waals surface area contributed by atoms with Crippen molar-refractivity contribution in [1.29, 1.82) is 0 Å². The number of hydrogen-bond acceptors (Lipinski definition) is 2. The van der Waals surface area contributed by atoms with Gasteiger partial charge in [0.15, 0.2) is 0 Å². The molecule has 1 aromatic rings. The van der Waals surface area contributed by atoms with Crippen LogP contribution in [-0.4, -0.2) is 35.3 Å². The van der Waals surface area contributed by atoms with Crippen molar-refractivity contribution in [1.82, 2.24) is 10.2 Å². The molecule has 1 aromatic carbocycles. The molecule has 2 aliphatic rings. The lowest BCUT2D eigenvalue weighted by molar-refractivity contribution is -0.125. The predicted octanol–water partition coefficient (Wildman–Crippen LogP) is 2.47. The first-order valence-electron chi connectivity index (χ1n) is 7.12. The zero-order valence-corrected chi connectivity index (χ0v) is 13.0. The standard InChI is InChI=1S/C15H16BrFN2O2/c16-9-3-6-11(12(17)8-9)15(21)19-7-1-2-13(19)14(20)18-10-4-5-10/h3,6,8,10,13H,1-2,4-5,7H2,(H,18,20)/t13-/m0/s1. The summed E-state index contributed by atoms with van der Waals surface area (Å²) in [5.41, 5.74) is 0.0179. The van der Waals surface area contributed by atoms with Crippen molar-refractivity contribution in [2.75, 3.05) is 6.54 Å². The lowest BCUT2D eigenvalue weighted by Gasteiger charge is -2.24. The molecule has 1 N–H and O–H groups in total. The maximum Gasteiger partial charge on any atom is 0.257 e. The summed E-state index contributed by atoms with van der Waals surface area (Å²) >= 11 is 3.17. The second-order valence-corrected chi connectivity index (χ2v) is 6.48. The van der Waals surface area contributed by atoms with E-state index in [-0.39, 0.29) is 17.5 Å². The summed E-state index contributed by atoms with van der Waals surface area (Å²) < 4.78 is 14.5. The van der Waals surface area contributed by atoms with Crippen LogP contribution in [0.25, 0.3) is 0 Å². The fourth-order valence-corrected chi connectivity index (χ4v) is 2.96. The highest BCUT2D eigenvalue weighted by molar-refractivity contribution is 9.10. The highest BCUT2D eigenvalue weighted by Crippen LogP contribution is 2.25. The van der Waals surface area contributed by atoms with Crippen LogP contribution in [0.1, 0.15) is 36.0 Å². The third-order valence-electron chi connectivity index (χ3n) is 3.90. The topological polar surface area (TPSA) is 49.4 Å². The molecule has 4 nitrogen and oxygen atoms in total. The number of carbonyl (C=O) groups is 2. The van der Waals surface area contributed by atoms with Gasteiger partial charge in [-0.05, 0) is 43.9 Å². The number of likely N-dealkylation sites (tertiary alicyclic amines) is 1. The van der Waals surface area contributed by atoms with E-state index < -0.39 is 17.8 Å². The molecular formula is C15H16BrFN2O2. The molecule has 2 amide bonds. The number of nitrogens with one attached hydrogen (secondary N) is 1. The summed E-state index contributed by atoms with van der Waals surface area (Å²) in [6, 6.07) is 4.14. The van der Waals surface area contributed by atoms with Gasteiger partial charge >= 0.3 is 0 Å². The summed E-state index contributed by atoms with van der Waals surface area (Å²) in [4.78, 5) is 26.2. The number of halogens is 2. The normalized spacial score (nSPS) is 21.4. The Balaban J connectivity index is 1.77. The molecule has 2 fully saturated rings. The molecule has 6 heteroatoms. The number of benzene rings is 1. The molecule has 112 valence electrons. The largest absolute Gasteiger partial charge is 0.352 e. The van der Waals surface area contributed by atoms with Gasteiger partial charge in [-0.25, -0.2) is 4.39 Å². The highest BCUT2D eigenvalue weighted by atomic mass is 79.9. The number of rotatable bonds is 3. The Morgan fingerprint density at radius 3 is 2.71 bits per heavy atom. The highest BCUT2D eigenvalue weighted by Gasteiger charge is 2.37. The quantitative estimate of drug-likeness (QED) is 0.906. The Kier molecular flexibility index (Phi) is 3.97. The Morgan fingerprint density at radius 1 is 1.29 bits per heavy atom. The third-order valence-corrected chi connectivity index (χ3v) is 4.39. The minimum absolute atomic E-state index is 0.0179. The van der Waals surface area contributed by atoms with Crippen LogP contribution < -0.4 is 5.32 Å². The van der Waals surface area contributed by atoms with E-state index in [1.807, 2.05) is 0 Å². The van der Waals surface area contributed by atoms with E-state index in [0.29, 0.717) is 17.4 Å². The minimum atomic E-state index is -0.567. The summed E-state index contributed by atoms with van der Waals surface area (Å²) in [5, 5.41) is 2.92. The molecule has 1 heterocycles. The fraction of sp³-hybridized carbons (Fsp3) is 0.467. The van der Waals surface area contributed by atoms with Crippen LogP contribution in [0.4, 0.5) is 4.39 Å². The van der Waals surface area contributed by atoms with Crippen molar-refractivity contribution >= 4 is 27.7 Å². The zero-order valence-electron chi connectivity index (χ0n) is 11.4. The molecule has 3 rings (SSSR count). The van der Waals surface area contributed by atoms with Crippen LogP contribution in [0, 0.1) is 5.82 Å². The van der Waals surface area contributed by atoms with Crippen LogP contribution in [0.15, 0.2) is 22.7 Å². The average molecular weight is 355 g/mol. The third kappa shape index (κ3) is 3.10. The maximum absolute atomic E-state index is 13.9. The maximum atomic E-state index is 13.9. The van der Waals surface area contributed by atoms with Gasteiger partial charge in [-0.2, -0.15) is 0 Å². The van der Waals surface area contributed by atoms with Crippen molar-refractivity contribution in [3.8, 4) is 0 Å². The van der Waals surface area contributed by atoms with Crippen LogP contribution >= 0.6 is 15.9 Å². The Bertz CT molecular complexity index is 589. The fourth-order valence-electron chi connectivity index (χ4n) is 2.63. The summed E-state index contributed by atoms with van der Waals surface area (Å²) in [6.45, 7) is 0.497. The lowest BCUT2D eigenvalue weighted by atomic mass is 10.1. The number of carbonyl (C=O) groups excluding carboxylic acids is 2. The minimum Gasteiger partial charge on any atom is -0.352 e. The smallest absolute Gasteiger partial charge is 0.257 e. The molecule has 1 atom stereocenters. The van der Waals surface area contributed by atoms with Crippen molar-refractivity contribution in [2.24, 2.45) is 0 Å². The van der Waals surface area contributed by atoms with Gasteiger partial charge in [0.2, 0.25) is 5.91 Å². The van der Waals surface area contributed by atoms with Crippen LogP contribution in [-0.2, 0) is 4.79 Å². The van der Waals surface area contributed by atoms with Gasteiger partial charge in [0, 0.05) is 17.1 Å². The molecule has 0 bridgehead atoms. The molecule has 0 unspecified atom stereocenters. The van der Waals surface area contributed by atoms with Gasteiger partial charge in [-0.1, -0.05) is 15.9 Å². The van der Waals surface area contributed by atoms with E-state index in [9.17, 15) is 14.0 Å². The molecule has 1 saturated heterocycles. The number of nitrogens with zero attached hydrogens (tertiary/aromatic N) is 1. The Labute approximate surface area is 130 Å². The van der Waals surface area contributed by atoms with E-state index in [0.717, 1.165) is 19.3 Å². The second-order valence-electron chi connectivity index (χ2n) is 5.56. The molecule has 1 aliphatic heterocycles. The SMILES string of the molecule is O=C(NC1CC1)[C@@H]1CCCN1C(=O)c1ccc(Br)cc1F. The molecule has 1 saturated carbocycles. The van der Waals surface area contributed by atoms with E-state index in [4.69, 9.17) is 0 Å². The van der Waals surface area contributed by atoms with E-state index >= 15 is 0 Å². The second kappa shape index (κ2) is 5.75. The first-order chi connectivity index (χ1) is 10.1. The molecular weight excluding hydrogens is 339 g/mol. The molecule has 0 spiro atoms. The van der Waals surface area contributed by atoms with Gasteiger partial charge in [0.05, 0.1) is 5.56 Å². The lowest BCUT2D eigenvalue weighted by Crippen LogP contribution is -2.46. The molecule has 21 heavy (non-hydrogen) atoms. The van der Waals surface area contributed by atoms with Crippen molar-refractivity contribution < 1.29 is 14.0 Å². The van der Waals surface area contributed by atoms with Crippen LogP contribution in [0.3, 0.4) is 0 Å². The average Bonchev–Trinajstić information content (AvgIpc) is 3.11. The molecule has 0 aromatic heterocycles. The number of amides is 2. The van der Waals surface area contributed by atoms with Crippen LogP contribution in [0.2, 0.25) is 0 Å². The van der Waals surface area contributed by atoms with Crippen molar-refractivity contribution in [2.45, 2.75) is 37.8 Å². The summed E-state index contributed by atoms with van der Waals surface area (Å²) in [7, 11) is 0. The zero-order chi connectivity index (χ0) is 15.0. The Hall–Kier alpha value is -1.43. The number of hydrogen-bond donors (Lipinski definition) is 1. The Morgan fingerprint density at radius 2 is 2.05 bits per heavy atom. The van der Waals surface area contributed by atoms with Gasteiger partial charge < -0.3 is 10.2 Å². The van der Waals surface area contributed by atoms with Crippen molar-refractivity contribution in [3.05, 3.63) is 34.1 Å². The summed E-state index contributed by atoms with van der Waals surface area (Å²) in [6.07, 6.45) is 3.43. The predicted molar refractivity (Wildman–Crippen MR) is 79.3 cm³/mol. The molecule has 1 aliphatic carbocycles. The van der Waals surface area contributed by atoms with Gasteiger partial charge in [0.25, 0.3) is 5.91 Å². The van der Waals surface area contributed by atoms with Gasteiger partial charge in [-0.3, -0.25) is 9.59 Å².